The molecule has 0 aliphatic heterocycles. The molecule has 1 heterocycles. The fourth-order valence-electron chi connectivity index (χ4n) is 1.61. The van der Waals surface area contributed by atoms with Gasteiger partial charge in [0.15, 0.2) is 0 Å². The molecule has 0 spiro atoms. The van der Waals surface area contributed by atoms with Gasteiger partial charge in [0.05, 0.1) is 10.0 Å². The summed E-state index contributed by atoms with van der Waals surface area (Å²) in [6.45, 7) is 5.92. The predicted molar refractivity (Wildman–Crippen MR) is 85.4 cm³/mol. The summed E-state index contributed by atoms with van der Waals surface area (Å²) >= 11 is 14.5. The molecule has 0 radical (unpaired) electrons. The van der Waals surface area contributed by atoms with E-state index in [1.54, 1.807) is 6.20 Å². The molecule has 0 unspecified atom stereocenters. The first-order chi connectivity index (χ1) is 8.40. The molecule has 0 aromatic carbocycles. The first kappa shape index (κ1) is 15.7. The van der Waals surface area contributed by atoms with Crippen LogP contribution < -0.4 is 10.6 Å². The Balaban J connectivity index is 2.89. The van der Waals surface area contributed by atoms with Gasteiger partial charge in [-0.05, 0) is 27.9 Å². The molecule has 1 aromatic heterocycles. The van der Waals surface area contributed by atoms with Crippen molar-refractivity contribution in [3.05, 3.63) is 21.8 Å². The first-order valence-electron chi connectivity index (χ1n) is 5.74. The third-order valence-electron chi connectivity index (χ3n) is 2.30. The van der Waals surface area contributed by atoms with E-state index in [-0.39, 0.29) is 0 Å². The number of halogens is 2. The molecular weight excluding hydrogens is 334 g/mol. The molecule has 0 fully saturated rings. The highest BCUT2D eigenvalue weighted by Crippen LogP contribution is 2.26. The normalized spacial score (nSPS) is 10.7. The van der Waals surface area contributed by atoms with Gasteiger partial charge < -0.3 is 10.6 Å². The molecule has 0 aliphatic rings. The molecule has 0 aliphatic carbocycles. The highest BCUT2D eigenvalue weighted by Gasteiger charge is 2.14. The van der Waals surface area contributed by atoms with Gasteiger partial charge in [0.2, 0.25) is 0 Å². The Hall–Kier alpha value is -0.390. The average Bonchev–Trinajstić information content (AvgIpc) is 2.24. The molecule has 1 aromatic rings. The van der Waals surface area contributed by atoms with Crippen LogP contribution in [-0.2, 0) is 0 Å². The standard InChI is InChI=1S/C12H17BrClN3S/c1-8(2)7-17(4-3-11(15)18)12-10(14)5-9(13)6-16-12/h5-6,8H,3-4,7H2,1-2H3,(H2,15,18). The molecule has 0 saturated carbocycles. The summed E-state index contributed by atoms with van der Waals surface area (Å²) in [5.41, 5.74) is 5.56. The smallest absolute Gasteiger partial charge is 0.147 e. The molecule has 18 heavy (non-hydrogen) atoms. The highest BCUT2D eigenvalue weighted by atomic mass is 79.9. The number of aromatic nitrogens is 1. The van der Waals surface area contributed by atoms with Gasteiger partial charge in [0.25, 0.3) is 0 Å². The van der Waals surface area contributed by atoms with Crippen LogP contribution in [-0.4, -0.2) is 23.1 Å². The topological polar surface area (TPSA) is 42.1 Å². The van der Waals surface area contributed by atoms with Crippen molar-refractivity contribution in [1.82, 2.24) is 4.98 Å². The Morgan fingerprint density at radius 1 is 1.61 bits per heavy atom. The maximum absolute atomic E-state index is 6.22. The van der Waals surface area contributed by atoms with E-state index < -0.39 is 0 Å². The van der Waals surface area contributed by atoms with Crippen LogP contribution in [0.1, 0.15) is 20.3 Å². The van der Waals surface area contributed by atoms with Crippen molar-refractivity contribution in [2.75, 3.05) is 18.0 Å². The van der Waals surface area contributed by atoms with Gasteiger partial charge in [-0.3, -0.25) is 0 Å². The van der Waals surface area contributed by atoms with E-state index in [2.05, 4.69) is 39.7 Å². The van der Waals surface area contributed by atoms with Gasteiger partial charge >= 0.3 is 0 Å². The van der Waals surface area contributed by atoms with Crippen LogP contribution in [0.3, 0.4) is 0 Å². The summed E-state index contributed by atoms with van der Waals surface area (Å²) in [7, 11) is 0. The molecule has 2 N–H and O–H groups in total. The molecule has 100 valence electrons. The van der Waals surface area contributed by atoms with Crippen molar-refractivity contribution in [1.29, 1.82) is 0 Å². The molecular formula is C12H17BrClN3S. The van der Waals surface area contributed by atoms with E-state index in [0.717, 1.165) is 23.4 Å². The lowest BCUT2D eigenvalue weighted by molar-refractivity contribution is 0.609. The largest absolute Gasteiger partial charge is 0.393 e. The third-order valence-corrected chi connectivity index (χ3v) is 3.22. The zero-order chi connectivity index (χ0) is 13.7. The lowest BCUT2D eigenvalue weighted by Crippen LogP contribution is -2.31. The van der Waals surface area contributed by atoms with Crippen molar-refractivity contribution >= 4 is 50.6 Å². The van der Waals surface area contributed by atoms with Crippen LogP contribution in [0.5, 0.6) is 0 Å². The number of hydrogen-bond donors (Lipinski definition) is 1. The van der Waals surface area contributed by atoms with E-state index in [0.29, 0.717) is 22.3 Å². The van der Waals surface area contributed by atoms with Gasteiger partial charge in [0, 0.05) is 30.2 Å². The Bertz CT molecular complexity index is 426. The summed E-state index contributed by atoms with van der Waals surface area (Å²) in [6.07, 6.45) is 2.41. The van der Waals surface area contributed by atoms with E-state index in [1.807, 2.05) is 6.07 Å². The van der Waals surface area contributed by atoms with Gasteiger partial charge in [-0.1, -0.05) is 37.7 Å². The number of nitrogens with zero attached hydrogens (tertiary/aromatic N) is 2. The predicted octanol–water partition coefficient (Wildman–Crippen LogP) is 3.64. The Morgan fingerprint density at radius 3 is 2.78 bits per heavy atom. The van der Waals surface area contributed by atoms with Crippen LogP contribution >= 0.6 is 39.7 Å². The molecule has 0 saturated heterocycles. The number of rotatable bonds is 6. The maximum Gasteiger partial charge on any atom is 0.147 e. The van der Waals surface area contributed by atoms with Crippen LogP contribution in [0.4, 0.5) is 5.82 Å². The number of nitrogens with two attached hydrogens (primary N) is 1. The van der Waals surface area contributed by atoms with Crippen molar-refractivity contribution in [3.63, 3.8) is 0 Å². The highest BCUT2D eigenvalue weighted by molar-refractivity contribution is 9.10. The van der Waals surface area contributed by atoms with E-state index in [9.17, 15) is 0 Å². The zero-order valence-corrected chi connectivity index (χ0v) is 13.6. The number of anilines is 1. The summed E-state index contributed by atoms with van der Waals surface area (Å²) in [5, 5.41) is 0.632. The van der Waals surface area contributed by atoms with Crippen LogP contribution in [0, 0.1) is 5.92 Å². The summed E-state index contributed by atoms with van der Waals surface area (Å²) in [6, 6.07) is 1.85. The number of hydrogen-bond acceptors (Lipinski definition) is 3. The van der Waals surface area contributed by atoms with Gasteiger partial charge in [-0.2, -0.15) is 0 Å². The lowest BCUT2D eigenvalue weighted by Gasteiger charge is -2.26. The molecule has 3 nitrogen and oxygen atoms in total. The van der Waals surface area contributed by atoms with Gasteiger partial charge in [-0.15, -0.1) is 0 Å². The van der Waals surface area contributed by atoms with Crippen molar-refractivity contribution in [2.24, 2.45) is 11.7 Å². The van der Waals surface area contributed by atoms with Crippen LogP contribution in [0.15, 0.2) is 16.7 Å². The Labute approximate surface area is 127 Å². The van der Waals surface area contributed by atoms with E-state index >= 15 is 0 Å². The first-order valence-corrected chi connectivity index (χ1v) is 7.32. The Morgan fingerprint density at radius 2 is 2.28 bits per heavy atom. The lowest BCUT2D eigenvalue weighted by atomic mass is 10.2. The minimum absolute atomic E-state index is 0.511. The second kappa shape index (κ2) is 7.26. The quantitative estimate of drug-likeness (QED) is 0.795. The molecule has 0 bridgehead atoms. The van der Waals surface area contributed by atoms with Gasteiger partial charge in [-0.25, -0.2) is 4.98 Å². The van der Waals surface area contributed by atoms with Crippen molar-refractivity contribution in [2.45, 2.75) is 20.3 Å². The minimum atomic E-state index is 0.511. The van der Waals surface area contributed by atoms with Gasteiger partial charge in [0.1, 0.15) is 5.82 Å². The van der Waals surface area contributed by atoms with Crippen molar-refractivity contribution in [3.8, 4) is 0 Å². The molecule has 1 rings (SSSR count). The number of pyridine rings is 1. The molecule has 0 atom stereocenters. The SMILES string of the molecule is CC(C)CN(CCC(N)=S)c1ncc(Br)cc1Cl. The van der Waals surface area contributed by atoms with Crippen molar-refractivity contribution < 1.29 is 0 Å². The fourth-order valence-corrected chi connectivity index (χ4v) is 2.45. The monoisotopic (exact) mass is 349 g/mol. The summed E-state index contributed by atoms with van der Waals surface area (Å²) in [5.74, 6) is 1.29. The third kappa shape index (κ3) is 5.08. The molecule has 6 heteroatoms. The second-order valence-electron chi connectivity index (χ2n) is 4.52. The minimum Gasteiger partial charge on any atom is -0.393 e. The summed E-state index contributed by atoms with van der Waals surface area (Å²) in [4.78, 5) is 7.01. The molecule has 0 amide bonds. The maximum atomic E-state index is 6.22. The Kier molecular flexibility index (Phi) is 6.32. The van der Waals surface area contributed by atoms with E-state index in [1.165, 1.54) is 0 Å². The van der Waals surface area contributed by atoms with Crippen LogP contribution in [0.25, 0.3) is 0 Å². The number of thiocarbonyl (C=S) groups is 1. The average molecular weight is 351 g/mol. The summed E-state index contributed by atoms with van der Waals surface area (Å²) < 4.78 is 0.870. The fraction of sp³-hybridized carbons (Fsp3) is 0.500. The van der Waals surface area contributed by atoms with E-state index in [4.69, 9.17) is 29.6 Å². The van der Waals surface area contributed by atoms with Crippen LogP contribution in [0.2, 0.25) is 5.02 Å². The zero-order valence-electron chi connectivity index (χ0n) is 10.5. The second-order valence-corrected chi connectivity index (χ2v) is 6.36.